The molecule has 0 atom stereocenters. The first-order chi connectivity index (χ1) is 18.1. The Kier molecular flexibility index (Phi) is 6.26. The summed E-state index contributed by atoms with van der Waals surface area (Å²) in [5, 5.41) is 0.584. The van der Waals surface area contributed by atoms with E-state index < -0.39 is 0 Å². The quantitative estimate of drug-likeness (QED) is 0.343. The minimum atomic E-state index is -0.256. The molecule has 6 rings (SSSR count). The highest BCUT2D eigenvalue weighted by Crippen LogP contribution is 2.25. The van der Waals surface area contributed by atoms with E-state index in [0.717, 1.165) is 55.0 Å². The van der Waals surface area contributed by atoms with Crippen molar-refractivity contribution in [2.75, 3.05) is 19.6 Å². The van der Waals surface area contributed by atoms with Crippen molar-refractivity contribution >= 4 is 21.9 Å². The third-order valence-corrected chi connectivity index (χ3v) is 7.70. The number of aryl methyl sites for hydroxylation is 1. The fourth-order valence-electron chi connectivity index (χ4n) is 5.59. The van der Waals surface area contributed by atoms with Crippen molar-refractivity contribution in [1.82, 2.24) is 23.6 Å². The normalized spacial score (nSPS) is 15.2. The maximum atomic E-state index is 13.0. The number of nitrogens with zero attached hydrogens (tertiary/aromatic N) is 5. The third kappa shape index (κ3) is 4.53. The summed E-state index contributed by atoms with van der Waals surface area (Å²) in [6, 6.07) is 19.5. The average molecular weight is 498 g/mol. The number of piperidine rings is 1. The predicted octanol–water partition coefficient (Wildman–Crippen LogP) is 3.65. The molecule has 2 aromatic carbocycles. The van der Waals surface area contributed by atoms with Gasteiger partial charge < -0.3 is 13.9 Å². The molecule has 0 amide bonds. The van der Waals surface area contributed by atoms with Gasteiger partial charge in [-0.25, -0.2) is 9.78 Å². The van der Waals surface area contributed by atoms with Crippen LogP contribution < -0.4 is 11.2 Å². The maximum Gasteiger partial charge on any atom is 0.331 e. The minimum absolute atomic E-state index is 0.205. The molecule has 8 heteroatoms. The van der Waals surface area contributed by atoms with Gasteiger partial charge in [0.25, 0.3) is 5.56 Å². The standard InChI is InChI=1S/C29H31N5O3/c1-31-25-10-4-2-8-23(25)28(35)33(29(31)36)17-16-32-14-12-21(13-15-32)19-27-30-24-9-3-5-11-26(24)34(27)20-22-7-6-18-37-22/h2-11,18,21H,12-17,19-20H2,1H3. The Morgan fingerprint density at radius 2 is 1.65 bits per heavy atom. The molecule has 190 valence electrons. The molecule has 8 nitrogen and oxygen atoms in total. The molecular formula is C29H31N5O3. The Bertz CT molecular complexity index is 1650. The van der Waals surface area contributed by atoms with Crippen molar-refractivity contribution in [3.8, 4) is 0 Å². The number of imidazole rings is 1. The number of para-hydroxylation sites is 3. The van der Waals surface area contributed by atoms with Gasteiger partial charge >= 0.3 is 5.69 Å². The van der Waals surface area contributed by atoms with Crippen LogP contribution in [0.5, 0.6) is 0 Å². The molecule has 1 aliphatic heterocycles. The molecule has 4 heterocycles. The molecule has 3 aromatic heterocycles. The number of hydrogen-bond acceptors (Lipinski definition) is 5. The van der Waals surface area contributed by atoms with Crippen molar-refractivity contribution in [3.63, 3.8) is 0 Å². The molecule has 0 saturated carbocycles. The van der Waals surface area contributed by atoms with Crippen LogP contribution >= 0.6 is 0 Å². The van der Waals surface area contributed by atoms with Crippen LogP contribution in [0.2, 0.25) is 0 Å². The van der Waals surface area contributed by atoms with E-state index in [-0.39, 0.29) is 11.2 Å². The summed E-state index contributed by atoms with van der Waals surface area (Å²) in [5.74, 6) is 2.57. The molecule has 1 saturated heterocycles. The Morgan fingerprint density at radius 1 is 0.892 bits per heavy atom. The monoisotopic (exact) mass is 497 g/mol. The number of rotatable bonds is 7. The molecule has 1 fully saturated rings. The van der Waals surface area contributed by atoms with Crippen molar-refractivity contribution in [1.29, 1.82) is 0 Å². The van der Waals surface area contributed by atoms with Crippen LogP contribution in [0.15, 0.2) is 80.9 Å². The Hall–Kier alpha value is -3.91. The van der Waals surface area contributed by atoms with Crippen LogP contribution in [0.1, 0.15) is 24.4 Å². The highest BCUT2D eigenvalue weighted by molar-refractivity contribution is 5.77. The zero-order chi connectivity index (χ0) is 25.4. The van der Waals surface area contributed by atoms with E-state index in [0.29, 0.717) is 36.5 Å². The first-order valence-corrected chi connectivity index (χ1v) is 13.0. The van der Waals surface area contributed by atoms with Crippen LogP contribution in [0.25, 0.3) is 21.9 Å². The van der Waals surface area contributed by atoms with Gasteiger partial charge in [-0.1, -0.05) is 24.3 Å². The summed E-state index contributed by atoms with van der Waals surface area (Å²) in [5.41, 5.74) is 2.36. The van der Waals surface area contributed by atoms with Crippen molar-refractivity contribution in [2.45, 2.75) is 32.4 Å². The first-order valence-electron chi connectivity index (χ1n) is 13.0. The highest BCUT2D eigenvalue weighted by Gasteiger charge is 2.23. The van der Waals surface area contributed by atoms with E-state index in [2.05, 4.69) is 27.7 Å². The molecule has 0 N–H and O–H groups in total. The lowest BCUT2D eigenvalue weighted by Crippen LogP contribution is -2.43. The second kappa shape index (κ2) is 9.86. The van der Waals surface area contributed by atoms with Crippen molar-refractivity contribution < 1.29 is 4.42 Å². The number of hydrogen-bond donors (Lipinski definition) is 0. The van der Waals surface area contributed by atoms with Crippen LogP contribution in [0.4, 0.5) is 0 Å². The fourth-order valence-corrected chi connectivity index (χ4v) is 5.59. The van der Waals surface area contributed by atoms with E-state index in [1.165, 1.54) is 4.57 Å². The Labute approximate surface area is 214 Å². The molecule has 0 radical (unpaired) electrons. The number of fused-ring (bicyclic) bond motifs is 2. The molecule has 0 bridgehead atoms. The van der Waals surface area contributed by atoms with Crippen LogP contribution in [-0.2, 0) is 26.6 Å². The van der Waals surface area contributed by atoms with E-state index in [4.69, 9.17) is 9.40 Å². The molecule has 37 heavy (non-hydrogen) atoms. The number of furan rings is 1. The second-order valence-electron chi connectivity index (χ2n) is 9.99. The van der Waals surface area contributed by atoms with Gasteiger partial charge in [0.15, 0.2) is 0 Å². The van der Waals surface area contributed by atoms with Crippen LogP contribution in [0.3, 0.4) is 0 Å². The molecule has 1 aliphatic rings. The zero-order valence-electron chi connectivity index (χ0n) is 21.0. The van der Waals surface area contributed by atoms with Gasteiger partial charge in [0.05, 0.1) is 34.7 Å². The third-order valence-electron chi connectivity index (χ3n) is 7.70. The van der Waals surface area contributed by atoms with E-state index in [1.807, 2.05) is 36.4 Å². The largest absolute Gasteiger partial charge is 0.467 e. The van der Waals surface area contributed by atoms with Gasteiger partial charge in [0, 0.05) is 26.6 Å². The van der Waals surface area contributed by atoms with Gasteiger partial charge in [0.2, 0.25) is 0 Å². The van der Waals surface area contributed by atoms with Gasteiger partial charge in [-0.3, -0.25) is 13.9 Å². The molecule has 0 aliphatic carbocycles. The van der Waals surface area contributed by atoms with E-state index >= 15 is 0 Å². The first kappa shape index (κ1) is 23.5. The summed E-state index contributed by atoms with van der Waals surface area (Å²) in [6.45, 7) is 3.67. The van der Waals surface area contributed by atoms with Gasteiger partial charge in [-0.15, -0.1) is 0 Å². The fraction of sp³-hybridized carbons (Fsp3) is 0.345. The second-order valence-corrected chi connectivity index (χ2v) is 9.99. The van der Waals surface area contributed by atoms with Gasteiger partial charge in [-0.2, -0.15) is 0 Å². The summed E-state index contributed by atoms with van der Waals surface area (Å²) in [6.07, 6.45) is 4.77. The lowest BCUT2D eigenvalue weighted by atomic mass is 9.93. The summed E-state index contributed by atoms with van der Waals surface area (Å²) in [7, 11) is 1.73. The Morgan fingerprint density at radius 3 is 2.43 bits per heavy atom. The highest BCUT2D eigenvalue weighted by atomic mass is 16.3. The summed E-state index contributed by atoms with van der Waals surface area (Å²) in [4.78, 5) is 33.1. The lowest BCUT2D eigenvalue weighted by molar-refractivity contribution is 0.175. The van der Waals surface area contributed by atoms with Crippen LogP contribution in [0, 0.1) is 5.92 Å². The lowest BCUT2D eigenvalue weighted by Gasteiger charge is -2.32. The molecule has 0 unspecified atom stereocenters. The topological polar surface area (TPSA) is 78.2 Å². The number of aromatic nitrogens is 4. The van der Waals surface area contributed by atoms with Gasteiger partial charge in [-0.05, 0) is 68.2 Å². The Balaban J connectivity index is 1.12. The number of benzene rings is 2. The minimum Gasteiger partial charge on any atom is -0.467 e. The summed E-state index contributed by atoms with van der Waals surface area (Å²) >= 11 is 0. The van der Waals surface area contributed by atoms with E-state index in [9.17, 15) is 9.59 Å². The van der Waals surface area contributed by atoms with Crippen LogP contribution in [-0.4, -0.2) is 43.2 Å². The number of likely N-dealkylation sites (tertiary alicyclic amines) is 1. The zero-order valence-corrected chi connectivity index (χ0v) is 21.0. The summed E-state index contributed by atoms with van der Waals surface area (Å²) < 4.78 is 10.9. The smallest absolute Gasteiger partial charge is 0.331 e. The molecule has 5 aromatic rings. The van der Waals surface area contributed by atoms with Gasteiger partial charge in [0.1, 0.15) is 11.6 Å². The van der Waals surface area contributed by atoms with Crippen molar-refractivity contribution in [2.24, 2.45) is 13.0 Å². The van der Waals surface area contributed by atoms with E-state index in [1.54, 1.807) is 23.9 Å². The average Bonchev–Trinajstić information content (AvgIpc) is 3.57. The van der Waals surface area contributed by atoms with Crippen molar-refractivity contribution in [3.05, 3.63) is 99.3 Å². The SMILES string of the molecule is Cn1c(=O)n(CCN2CCC(Cc3nc4ccccc4n3Cc3ccco3)CC2)c(=O)c2ccccc21. The molecular weight excluding hydrogens is 466 g/mol. The predicted molar refractivity (Wildman–Crippen MR) is 144 cm³/mol. The maximum absolute atomic E-state index is 13.0. The molecule has 0 spiro atoms.